The lowest BCUT2D eigenvalue weighted by atomic mass is 9.98. The monoisotopic (exact) mass is 726 g/mol. The van der Waals surface area contributed by atoms with Gasteiger partial charge in [-0.2, -0.15) is 5.26 Å². The number of hydrogen-bond acceptors (Lipinski definition) is 10. The number of nitriles is 1. The second-order valence-corrected chi connectivity index (χ2v) is 14.5. The van der Waals surface area contributed by atoms with E-state index in [9.17, 15) is 19.6 Å². The van der Waals surface area contributed by atoms with Crippen LogP contribution in [0.1, 0.15) is 61.6 Å². The molecule has 0 bridgehead atoms. The number of fused-ring (bicyclic) bond motifs is 4. The van der Waals surface area contributed by atoms with Crippen molar-refractivity contribution in [3.63, 3.8) is 0 Å². The largest absolute Gasteiger partial charge is 0.448 e. The number of benzene rings is 3. The van der Waals surface area contributed by atoms with Crippen molar-refractivity contribution in [3.8, 4) is 17.2 Å². The number of rotatable bonds is 6. The van der Waals surface area contributed by atoms with Crippen LogP contribution in [0, 0.1) is 18.3 Å². The van der Waals surface area contributed by atoms with Gasteiger partial charge in [-0.25, -0.2) is 19.6 Å². The van der Waals surface area contributed by atoms with E-state index in [1.807, 2.05) is 54.6 Å². The minimum Gasteiger partial charge on any atom is -0.448 e. The Bertz CT molecular complexity index is 2180. The first-order valence-corrected chi connectivity index (χ1v) is 18.0. The molecule has 1 atom stereocenters. The molecule has 1 unspecified atom stereocenters. The van der Waals surface area contributed by atoms with Crippen LogP contribution in [0.2, 0.25) is 0 Å². The zero-order valence-electron chi connectivity index (χ0n) is 30.9. The van der Waals surface area contributed by atoms with Crippen molar-refractivity contribution in [2.24, 2.45) is 0 Å². The van der Waals surface area contributed by atoms with Gasteiger partial charge in [0.25, 0.3) is 5.91 Å². The molecule has 4 aromatic rings. The van der Waals surface area contributed by atoms with Crippen LogP contribution in [0.25, 0.3) is 16.7 Å². The molecule has 3 heterocycles. The Balaban J connectivity index is 1.12. The fourth-order valence-electron chi connectivity index (χ4n) is 7.02. The number of hydrogen-bond donors (Lipinski definition) is 3. The van der Waals surface area contributed by atoms with E-state index in [1.165, 1.54) is 16.0 Å². The van der Waals surface area contributed by atoms with E-state index >= 15 is 0 Å². The van der Waals surface area contributed by atoms with Crippen LogP contribution < -0.4 is 16.0 Å². The standard InChI is InChI=1S/C41H42N8O5/c1-6-25-15-16-32-33(19-25)45-36(44-32)30(20-42)35-24(2)21-43-38(46-35)47-37(50)34-22-48(39(51)54-41(3,4)5)17-18-49(34)40(52)53-23-31-28-13-9-7-11-26(28)27-12-8-10-14-29(27)31/h7-16,19,21,31,34,44-45H,6,17-18,22-23H2,1-5H3,(H,43,46,47,50)/b36-30+. The molecular formula is C41H42N8O5. The van der Waals surface area contributed by atoms with E-state index in [4.69, 9.17) is 9.47 Å². The topological polar surface area (TPSA) is 162 Å². The smallest absolute Gasteiger partial charge is 0.410 e. The number of ether oxygens (including phenoxy) is 2. The van der Waals surface area contributed by atoms with E-state index in [-0.39, 0.29) is 43.7 Å². The maximum absolute atomic E-state index is 14.1. The molecule has 54 heavy (non-hydrogen) atoms. The molecule has 1 aromatic heterocycles. The Morgan fingerprint density at radius 2 is 1.65 bits per heavy atom. The molecule has 3 amide bonds. The molecular weight excluding hydrogens is 685 g/mol. The second-order valence-electron chi connectivity index (χ2n) is 14.5. The first-order valence-electron chi connectivity index (χ1n) is 18.0. The van der Waals surface area contributed by atoms with Crippen molar-refractivity contribution < 1.29 is 23.9 Å². The molecule has 1 fully saturated rings. The molecule has 3 N–H and O–H groups in total. The molecule has 0 spiro atoms. The van der Waals surface area contributed by atoms with Gasteiger partial charge in [-0.15, -0.1) is 0 Å². The number of aryl methyl sites for hydroxylation is 2. The average molecular weight is 727 g/mol. The first kappa shape index (κ1) is 36.0. The molecule has 3 aromatic carbocycles. The Hall–Kier alpha value is -6.42. The first-order chi connectivity index (χ1) is 25.9. The number of aromatic nitrogens is 2. The third kappa shape index (κ3) is 7.15. The normalized spacial score (nSPS) is 16.9. The minimum atomic E-state index is -1.16. The van der Waals surface area contributed by atoms with E-state index < -0.39 is 29.7 Å². The van der Waals surface area contributed by atoms with Gasteiger partial charge in [0.15, 0.2) is 0 Å². The van der Waals surface area contributed by atoms with E-state index in [2.05, 4.69) is 51.0 Å². The van der Waals surface area contributed by atoms with Crippen molar-refractivity contribution >= 4 is 41.0 Å². The van der Waals surface area contributed by atoms with Gasteiger partial charge in [0.2, 0.25) is 5.95 Å². The minimum absolute atomic E-state index is 0.0241. The average Bonchev–Trinajstić information content (AvgIpc) is 3.73. The van der Waals surface area contributed by atoms with Crippen LogP contribution in [0.15, 0.2) is 78.7 Å². The van der Waals surface area contributed by atoms with Crippen LogP contribution in [0.5, 0.6) is 0 Å². The summed E-state index contributed by atoms with van der Waals surface area (Å²) in [4.78, 5) is 52.8. The lowest BCUT2D eigenvalue weighted by molar-refractivity contribution is -0.122. The lowest BCUT2D eigenvalue weighted by Crippen LogP contribution is -2.61. The highest BCUT2D eigenvalue weighted by atomic mass is 16.6. The van der Waals surface area contributed by atoms with Crippen LogP contribution in [0.3, 0.4) is 0 Å². The highest BCUT2D eigenvalue weighted by Crippen LogP contribution is 2.44. The summed E-state index contributed by atoms with van der Waals surface area (Å²) in [5.41, 5.74) is 7.53. The summed E-state index contributed by atoms with van der Waals surface area (Å²) in [6.07, 6.45) is 1.09. The summed E-state index contributed by atoms with van der Waals surface area (Å²) in [7, 11) is 0. The zero-order valence-corrected chi connectivity index (χ0v) is 30.9. The molecule has 3 aliphatic rings. The molecule has 13 heteroatoms. The molecule has 13 nitrogen and oxygen atoms in total. The van der Waals surface area contributed by atoms with Gasteiger partial charge in [-0.1, -0.05) is 61.5 Å². The van der Waals surface area contributed by atoms with Crippen LogP contribution >= 0.6 is 0 Å². The number of nitrogens with zero attached hydrogens (tertiary/aromatic N) is 5. The summed E-state index contributed by atoms with van der Waals surface area (Å²) in [5, 5.41) is 19.5. The third-order valence-corrected chi connectivity index (χ3v) is 9.72. The van der Waals surface area contributed by atoms with Crippen molar-refractivity contribution in [1.82, 2.24) is 19.8 Å². The van der Waals surface area contributed by atoms with Gasteiger partial charge in [0, 0.05) is 25.2 Å². The summed E-state index contributed by atoms with van der Waals surface area (Å²) in [6.45, 7) is 9.20. The van der Waals surface area contributed by atoms with Crippen molar-refractivity contribution in [3.05, 3.63) is 107 Å². The van der Waals surface area contributed by atoms with Gasteiger partial charge < -0.3 is 25.0 Å². The predicted molar refractivity (Wildman–Crippen MR) is 204 cm³/mol. The third-order valence-electron chi connectivity index (χ3n) is 9.72. The number of carbonyl (C=O) groups excluding carboxylic acids is 3. The van der Waals surface area contributed by atoms with Gasteiger partial charge in [0.05, 0.1) is 23.6 Å². The predicted octanol–water partition coefficient (Wildman–Crippen LogP) is 6.89. The molecule has 1 saturated heterocycles. The summed E-state index contributed by atoms with van der Waals surface area (Å²) < 4.78 is 11.6. The summed E-state index contributed by atoms with van der Waals surface area (Å²) >= 11 is 0. The SMILES string of the molecule is CCc1ccc2c(c1)N/C(=C(\C#N)c1nc(NC(=O)C3CN(C(=O)OC(C)(C)C)CCN3C(=O)OCC3c4ccccc4-c4ccccc43)ncc1C)N2. The van der Waals surface area contributed by atoms with Gasteiger partial charge in [-0.3, -0.25) is 15.0 Å². The van der Waals surface area contributed by atoms with Crippen LogP contribution in [0.4, 0.5) is 26.9 Å². The van der Waals surface area contributed by atoms with Crippen molar-refractivity contribution in [2.75, 3.05) is 42.2 Å². The highest BCUT2D eigenvalue weighted by Gasteiger charge is 2.40. The molecule has 0 radical (unpaired) electrons. The van der Waals surface area contributed by atoms with E-state index in [1.54, 1.807) is 27.7 Å². The number of allylic oxidation sites excluding steroid dienone is 1. The number of anilines is 3. The molecule has 0 saturated carbocycles. The van der Waals surface area contributed by atoms with Gasteiger partial charge >= 0.3 is 12.2 Å². The Morgan fingerprint density at radius 3 is 2.31 bits per heavy atom. The number of nitrogens with one attached hydrogen (secondary N) is 3. The Labute approximate surface area is 314 Å². The molecule has 7 rings (SSSR count). The molecule has 276 valence electrons. The molecule has 1 aliphatic carbocycles. The quantitative estimate of drug-likeness (QED) is 0.179. The fraction of sp³-hybridized carbons (Fsp3) is 0.317. The highest BCUT2D eigenvalue weighted by molar-refractivity contribution is 5.97. The number of piperazine rings is 1. The number of amides is 3. The Morgan fingerprint density at radius 1 is 0.963 bits per heavy atom. The summed E-state index contributed by atoms with van der Waals surface area (Å²) in [5.74, 6) is -0.416. The van der Waals surface area contributed by atoms with Crippen LogP contribution in [-0.2, 0) is 20.7 Å². The number of carbonyl (C=O) groups is 3. The van der Waals surface area contributed by atoms with E-state index in [0.717, 1.165) is 45.6 Å². The van der Waals surface area contributed by atoms with E-state index in [0.29, 0.717) is 17.1 Å². The zero-order chi connectivity index (χ0) is 38.1. The van der Waals surface area contributed by atoms with Crippen molar-refractivity contribution in [1.29, 1.82) is 5.26 Å². The second kappa shape index (κ2) is 14.5. The lowest BCUT2D eigenvalue weighted by Gasteiger charge is -2.40. The van der Waals surface area contributed by atoms with Gasteiger partial charge in [-0.05, 0) is 79.6 Å². The maximum Gasteiger partial charge on any atom is 0.410 e. The fourth-order valence-corrected chi connectivity index (χ4v) is 7.02. The molecule has 2 aliphatic heterocycles. The van der Waals surface area contributed by atoms with Gasteiger partial charge in [0.1, 0.15) is 35.7 Å². The maximum atomic E-state index is 14.1. The summed E-state index contributed by atoms with van der Waals surface area (Å²) in [6, 6.07) is 23.2. The van der Waals surface area contributed by atoms with Crippen molar-refractivity contribution in [2.45, 2.75) is 58.6 Å². The van der Waals surface area contributed by atoms with Crippen LogP contribution in [-0.4, -0.2) is 75.7 Å². The Kier molecular flexibility index (Phi) is 9.68.